The zero-order chi connectivity index (χ0) is 22.0. The fourth-order valence-electron chi connectivity index (χ4n) is 3.62. The topological polar surface area (TPSA) is 79.7 Å². The third kappa shape index (κ3) is 4.22. The summed E-state index contributed by atoms with van der Waals surface area (Å²) < 4.78 is 5.71. The zero-order valence-corrected chi connectivity index (χ0v) is 18.0. The molecule has 1 amide bonds. The quantitative estimate of drug-likeness (QED) is 0.350. The van der Waals surface area contributed by atoms with E-state index in [0.29, 0.717) is 11.3 Å². The first-order valence-electron chi connectivity index (χ1n) is 9.93. The number of ether oxygens (including phenoxy) is 1. The number of amides is 1. The highest BCUT2D eigenvalue weighted by molar-refractivity contribution is 7.10. The number of benzene rings is 1. The average molecular weight is 435 g/mol. The van der Waals surface area contributed by atoms with Gasteiger partial charge >= 0.3 is 0 Å². The standard InChI is InChI=1S/C24H22N2O4S/c1-15(2)30-18-8-3-7-17(12-18)22(27)20-21(19-9-5-11-31-19)26(24(29)23(20)28)14-16-6-4-10-25-13-16/h3-13,15,21,27H,14H2,1-2H3/b22-20-. The molecule has 7 heteroatoms. The van der Waals surface area contributed by atoms with Gasteiger partial charge < -0.3 is 14.7 Å². The normalized spacial score (nSPS) is 18.0. The van der Waals surface area contributed by atoms with Crippen LogP contribution in [0.1, 0.15) is 35.9 Å². The molecule has 1 fully saturated rings. The smallest absolute Gasteiger partial charge is 0.295 e. The number of rotatable bonds is 6. The Bertz CT molecular complexity index is 1120. The van der Waals surface area contributed by atoms with Gasteiger partial charge in [-0.2, -0.15) is 0 Å². The van der Waals surface area contributed by atoms with Crippen molar-refractivity contribution in [1.29, 1.82) is 0 Å². The van der Waals surface area contributed by atoms with Gasteiger partial charge in [0.2, 0.25) is 0 Å². The second-order valence-electron chi connectivity index (χ2n) is 7.50. The van der Waals surface area contributed by atoms with Crippen LogP contribution in [-0.2, 0) is 16.1 Å². The molecule has 1 atom stereocenters. The molecule has 1 unspecified atom stereocenters. The Morgan fingerprint density at radius 2 is 2.03 bits per heavy atom. The number of ketones is 1. The molecule has 0 saturated carbocycles. The summed E-state index contributed by atoms with van der Waals surface area (Å²) in [5, 5.41) is 13.0. The summed E-state index contributed by atoms with van der Waals surface area (Å²) >= 11 is 1.43. The van der Waals surface area contributed by atoms with E-state index in [0.717, 1.165) is 10.4 Å². The number of thiophene rings is 1. The molecule has 1 aliphatic rings. The van der Waals surface area contributed by atoms with Crippen molar-refractivity contribution in [3.05, 3.63) is 87.9 Å². The molecule has 3 heterocycles. The molecule has 1 saturated heterocycles. The van der Waals surface area contributed by atoms with Crippen LogP contribution in [0, 0.1) is 0 Å². The minimum absolute atomic E-state index is 0.0337. The van der Waals surface area contributed by atoms with Gasteiger partial charge in [-0.25, -0.2) is 0 Å². The number of likely N-dealkylation sites (tertiary alicyclic amines) is 1. The number of aliphatic hydroxyl groups is 1. The van der Waals surface area contributed by atoms with Gasteiger partial charge in [-0.15, -0.1) is 11.3 Å². The van der Waals surface area contributed by atoms with Crippen LogP contribution in [-0.4, -0.2) is 32.8 Å². The summed E-state index contributed by atoms with van der Waals surface area (Å²) in [5.74, 6) is -0.968. The number of carbonyl (C=O) groups is 2. The maximum absolute atomic E-state index is 13.0. The molecule has 0 aliphatic carbocycles. The van der Waals surface area contributed by atoms with Crippen LogP contribution in [0.2, 0.25) is 0 Å². The van der Waals surface area contributed by atoms with Crippen molar-refractivity contribution >= 4 is 28.8 Å². The van der Waals surface area contributed by atoms with Crippen molar-refractivity contribution in [1.82, 2.24) is 9.88 Å². The molecule has 31 heavy (non-hydrogen) atoms. The van der Waals surface area contributed by atoms with E-state index >= 15 is 0 Å². The van der Waals surface area contributed by atoms with E-state index in [9.17, 15) is 14.7 Å². The number of pyridine rings is 1. The first-order chi connectivity index (χ1) is 15.0. The lowest BCUT2D eigenvalue weighted by Gasteiger charge is -2.24. The molecule has 3 aromatic rings. The van der Waals surface area contributed by atoms with Crippen molar-refractivity contribution < 1.29 is 19.4 Å². The fourth-order valence-corrected chi connectivity index (χ4v) is 4.46. The van der Waals surface area contributed by atoms with Crippen molar-refractivity contribution in [2.24, 2.45) is 0 Å². The minimum Gasteiger partial charge on any atom is -0.507 e. The maximum atomic E-state index is 13.0. The number of carbonyl (C=O) groups excluding carboxylic acids is 2. The van der Waals surface area contributed by atoms with E-state index in [-0.39, 0.29) is 24.0 Å². The Balaban J connectivity index is 1.80. The van der Waals surface area contributed by atoms with Gasteiger partial charge in [0.1, 0.15) is 11.5 Å². The number of aliphatic hydroxyl groups excluding tert-OH is 1. The van der Waals surface area contributed by atoms with Gasteiger partial charge in [0.15, 0.2) is 0 Å². The Morgan fingerprint density at radius 1 is 1.19 bits per heavy atom. The number of hydrogen-bond acceptors (Lipinski definition) is 6. The molecular weight excluding hydrogens is 412 g/mol. The van der Waals surface area contributed by atoms with Gasteiger partial charge in [-0.3, -0.25) is 14.6 Å². The zero-order valence-electron chi connectivity index (χ0n) is 17.2. The molecule has 1 N–H and O–H groups in total. The molecule has 0 bridgehead atoms. The van der Waals surface area contributed by atoms with Gasteiger partial charge in [0.05, 0.1) is 17.7 Å². The summed E-state index contributed by atoms with van der Waals surface area (Å²) in [6, 6.07) is 13.6. The lowest BCUT2D eigenvalue weighted by atomic mass is 9.99. The summed E-state index contributed by atoms with van der Waals surface area (Å²) in [6.07, 6.45) is 3.28. The van der Waals surface area contributed by atoms with Gasteiger partial charge in [-0.05, 0) is 49.1 Å². The number of nitrogens with zero attached hydrogens (tertiary/aromatic N) is 2. The van der Waals surface area contributed by atoms with Gasteiger partial charge in [0.25, 0.3) is 11.7 Å². The summed E-state index contributed by atoms with van der Waals surface area (Å²) in [5.41, 5.74) is 1.32. The first kappa shape index (κ1) is 20.8. The Labute approximate surface area is 184 Å². The average Bonchev–Trinajstić information content (AvgIpc) is 3.36. The highest BCUT2D eigenvalue weighted by atomic mass is 32.1. The second-order valence-corrected chi connectivity index (χ2v) is 8.48. The van der Waals surface area contributed by atoms with E-state index in [1.165, 1.54) is 16.2 Å². The van der Waals surface area contributed by atoms with Crippen molar-refractivity contribution in [2.45, 2.75) is 32.5 Å². The molecule has 0 radical (unpaired) electrons. The Hall–Kier alpha value is -3.45. The Kier molecular flexibility index (Phi) is 5.86. The highest BCUT2D eigenvalue weighted by Crippen LogP contribution is 2.42. The lowest BCUT2D eigenvalue weighted by molar-refractivity contribution is -0.140. The molecule has 158 valence electrons. The van der Waals surface area contributed by atoms with Crippen LogP contribution >= 0.6 is 11.3 Å². The molecule has 4 rings (SSSR count). The predicted molar refractivity (Wildman–Crippen MR) is 119 cm³/mol. The summed E-state index contributed by atoms with van der Waals surface area (Å²) in [4.78, 5) is 32.4. The number of Topliss-reactive ketones (excluding diaryl/α,β-unsaturated/α-hetero) is 1. The SMILES string of the molecule is CC(C)Oc1cccc(/C(O)=C2/C(=O)C(=O)N(Cc3cccnc3)C2c2cccs2)c1. The largest absolute Gasteiger partial charge is 0.507 e. The molecule has 6 nitrogen and oxygen atoms in total. The summed E-state index contributed by atoms with van der Waals surface area (Å²) in [6.45, 7) is 4.04. The first-order valence-corrected chi connectivity index (χ1v) is 10.8. The van der Waals surface area contributed by atoms with Crippen LogP contribution in [0.25, 0.3) is 5.76 Å². The molecule has 1 aliphatic heterocycles. The van der Waals surface area contributed by atoms with E-state index < -0.39 is 17.7 Å². The van der Waals surface area contributed by atoms with E-state index in [2.05, 4.69) is 4.98 Å². The van der Waals surface area contributed by atoms with Crippen LogP contribution in [0.3, 0.4) is 0 Å². The van der Waals surface area contributed by atoms with Gasteiger partial charge in [-0.1, -0.05) is 24.3 Å². The number of aromatic nitrogens is 1. The monoisotopic (exact) mass is 434 g/mol. The van der Waals surface area contributed by atoms with Crippen molar-refractivity contribution in [2.75, 3.05) is 0 Å². The highest BCUT2D eigenvalue weighted by Gasteiger charge is 2.46. The molecule has 0 spiro atoms. The van der Waals surface area contributed by atoms with Crippen LogP contribution in [0.5, 0.6) is 5.75 Å². The maximum Gasteiger partial charge on any atom is 0.295 e. The second kappa shape index (κ2) is 8.73. The predicted octanol–water partition coefficient (Wildman–Crippen LogP) is 4.55. The van der Waals surface area contributed by atoms with Crippen LogP contribution in [0.4, 0.5) is 0 Å². The Morgan fingerprint density at radius 3 is 2.71 bits per heavy atom. The van der Waals surface area contributed by atoms with Gasteiger partial charge in [0, 0.05) is 29.4 Å². The third-order valence-electron chi connectivity index (χ3n) is 4.91. The lowest BCUT2D eigenvalue weighted by Crippen LogP contribution is -2.28. The van der Waals surface area contributed by atoms with E-state index in [1.807, 2.05) is 37.4 Å². The van der Waals surface area contributed by atoms with Crippen molar-refractivity contribution in [3.8, 4) is 5.75 Å². The van der Waals surface area contributed by atoms with E-state index in [1.54, 1.807) is 42.7 Å². The molecular formula is C24H22N2O4S. The van der Waals surface area contributed by atoms with E-state index in [4.69, 9.17) is 4.74 Å². The minimum atomic E-state index is -0.699. The molecule has 1 aromatic carbocycles. The summed E-state index contributed by atoms with van der Waals surface area (Å²) in [7, 11) is 0. The fraction of sp³-hybridized carbons (Fsp3) is 0.208. The van der Waals surface area contributed by atoms with Crippen LogP contribution in [0.15, 0.2) is 71.9 Å². The molecule has 2 aromatic heterocycles. The van der Waals surface area contributed by atoms with Crippen LogP contribution < -0.4 is 4.74 Å². The van der Waals surface area contributed by atoms with Crippen molar-refractivity contribution in [3.63, 3.8) is 0 Å². The third-order valence-corrected chi connectivity index (χ3v) is 5.83. The number of hydrogen-bond donors (Lipinski definition) is 1.